The SMILES string of the molecule is Cc1ccc2c(c1)[C@@H](Cc1nc3ccccc3c(=O)[nH]1)C(=O)N2C(C)C. The van der Waals surface area contributed by atoms with Crippen LogP contribution in [0.15, 0.2) is 47.3 Å². The standard InChI is InChI=1S/C21H21N3O2/c1-12(2)24-18-9-8-13(3)10-15(18)16(21(24)26)11-19-22-17-7-5-4-6-14(17)20(25)23-19/h4-10,12,16H,11H2,1-3H3,(H,22,23,25)/t16-/m1/s1. The fraction of sp³-hybridized carbons (Fsp3) is 0.286. The molecule has 3 aromatic rings. The van der Waals surface area contributed by atoms with E-state index >= 15 is 0 Å². The Hall–Kier alpha value is -2.95. The number of aromatic nitrogens is 2. The van der Waals surface area contributed by atoms with Gasteiger partial charge < -0.3 is 9.88 Å². The number of carbonyl (C=O) groups excluding carboxylic acids is 1. The molecule has 4 rings (SSSR count). The fourth-order valence-corrected chi connectivity index (χ4v) is 3.75. The van der Waals surface area contributed by atoms with Crippen molar-refractivity contribution in [3.63, 3.8) is 0 Å². The number of amides is 1. The molecular weight excluding hydrogens is 326 g/mol. The lowest BCUT2D eigenvalue weighted by Gasteiger charge is -2.22. The minimum atomic E-state index is -0.323. The maximum Gasteiger partial charge on any atom is 0.258 e. The van der Waals surface area contributed by atoms with Gasteiger partial charge in [-0.15, -0.1) is 0 Å². The number of para-hydroxylation sites is 1. The third-order valence-electron chi connectivity index (χ3n) is 4.93. The van der Waals surface area contributed by atoms with E-state index in [9.17, 15) is 9.59 Å². The van der Waals surface area contributed by atoms with Crippen LogP contribution in [0.5, 0.6) is 0 Å². The summed E-state index contributed by atoms with van der Waals surface area (Å²) in [5.74, 6) is 0.290. The van der Waals surface area contributed by atoms with Crippen molar-refractivity contribution in [3.8, 4) is 0 Å². The average Bonchev–Trinajstić information content (AvgIpc) is 2.87. The minimum absolute atomic E-state index is 0.0661. The lowest BCUT2D eigenvalue weighted by Crippen LogP contribution is -2.35. The van der Waals surface area contributed by atoms with Gasteiger partial charge in [-0.05, 0) is 44.5 Å². The van der Waals surface area contributed by atoms with E-state index in [0.29, 0.717) is 23.1 Å². The van der Waals surface area contributed by atoms with E-state index in [4.69, 9.17) is 0 Å². The number of carbonyl (C=O) groups is 1. The molecule has 0 saturated heterocycles. The van der Waals surface area contributed by atoms with Crippen molar-refractivity contribution in [1.82, 2.24) is 9.97 Å². The number of hydrogen-bond donors (Lipinski definition) is 1. The summed E-state index contributed by atoms with van der Waals surface area (Å²) >= 11 is 0. The maximum atomic E-state index is 13.1. The number of anilines is 1. The Bertz CT molecular complexity index is 1070. The van der Waals surface area contributed by atoms with Crippen LogP contribution in [0.4, 0.5) is 5.69 Å². The van der Waals surface area contributed by atoms with E-state index in [1.807, 2.05) is 56.0 Å². The molecule has 2 aromatic carbocycles. The van der Waals surface area contributed by atoms with Crippen LogP contribution in [0.2, 0.25) is 0 Å². The van der Waals surface area contributed by atoms with E-state index in [-0.39, 0.29) is 23.4 Å². The van der Waals surface area contributed by atoms with Crippen LogP contribution in [0.25, 0.3) is 10.9 Å². The number of H-pyrrole nitrogens is 1. The summed E-state index contributed by atoms with van der Waals surface area (Å²) < 4.78 is 0. The lowest BCUT2D eigenvalue weighted by atomic mass is 9.95. The fourth-order valence-electron chi connectivity index (χ4n) is 3.75. The molecule has 1 atom stereocenters. The van der Waals surface area contributed by atoms with Crippen molar-refractivity contribution in [3.05, 3.63) is 69.8 Å². The molecule has 26 heavy (non-hydrogen) atoms. The Labute approximate surface area is 151 Å². The first-order chi connectivity index (χ1) is 12.5. The molecule has 0 aliphatic carbocycles. The average molecular weight is 347 g/mol. The highest BCUT2D eigenvalue weighted by Gasteiger charge is 2.38. The zero-order chi connectivity index (χ0) is 18.4. The highest BCUT2D eigenvalue weighted by Crippen LogP contribution is 2.40. The van der Waals surface area contributed by atoms with Crippen LogP contribution in [0, 0.1) is 6.92 Å². The quantitative estimate of drug-likeness (QED) is 0.790. The number of aromatic amines is 1. The topological polar surface area (TPSA) is 66.1 Å². The monoisotopic (exact) mass is 347 g/mol. The molecule has 5 nitrogen and oxygen atoms in total. The third kappa shape index (κ3) is 2.60. The van der Waals surface area contributed by atoms with Crippen LogP contribution in [-0.2, 0) is 11.2 Å². The molecule has 1 amide bonds. The largest absolute Gasteiger partial charge is 0.310 e. The van der Waals surface area contributed by atoms with Gasteiger partial charge in [-0.3, -0.25) is 9.59 Å². The molecule has 0 spiro atoms. The summed E-state index contributed by atoms with van der Waals surface area (Å²) in [7, 11) is 0. The number of hydrogen-bond acceptors (Lipinski definition) is 3. The number of aryl methyl sites for hydroxylation is 1. The van der Waals surface area contributed by atoms with Gasteiger partial charge in [0, 0.05) is 18.2 Å². The van der Waals surface area contributed by atoms with E-state index in [0.717, 1.165) is 16.8 Å². The molecule has 1 aliphatic heterocycles. The normalized spacial score (nSPS) is 16.5. The first-order valence-corrected chi connectivity index (χ1v) is 8.87. The zero-order valence-corrected chi connectivity index (χ0v) is 15.1. The molecule has 1 N–H and O–H groups in total. The maximum absolute atomic E-state index is 13.1. The summed E-state index contributed by atoms with van der Waals surface area (Å²) in [4.78, 5) is 34.7. The second-order valence-electron chi connectivity index (χ2n) is 7.15. The van der Waals surface area contributed by atoms with Gasteiger partial charge >= 0.3 is 0 Å². The van der Waals surface area contributed by atoms with Gasteiger partial charge in [0.25, 0.3) is 5.56 Å². The van der Waals surface area contributed by atoms with Gasteiger partial charge in [0.2, 0.25) is 5.91 Å². The minimum Gasteiger partial charge on any atom is -0.310 e. The summed E-state index contributed by atoms with van der Waals surface area (Å²) in [6.45, 7) is 6.05. The second-order valence-corrected chi connectivity index (χ2v) is 7.15. The Kier molecular flexibility index (Phi) is 3.87. The van der Waals surface area contributed by atoms with Crippen molar-refractivity contribution in [1.29, 1.82) is 0 Å². The first-order valence-electron chi connectivity index (χ1n) is 8.87. The molecule has 132 valence electrons. The van der Waals surface area contributed by atoms with Gasteiger partial charge in [-0.2, -0.15) is 0 Å². The Morgan fingerprint density at radius 2 is 1.92 bits per heavy atom. The highest BCUT2D eigenvalue weighted by atomic mass is 16.2. The van der Waals surface area contributed by atoms with Crippen LogP contribution in [-0.4, -0.2) is 21.9 Å². The highest BCUT2D eigenvalue weighted by molar-refractivity contribution is 6.05. The van der Waals surface area contributed by atoms with Crippen molar-refractivity contribution < 1.29 is 4.79 Å². The number of nitrogens with zero attached hydrogens (tertiary/aromatic N) is 2. The van der Waals surface area contributed by atoms with Crippen molar-refractivity contribution >= 4 is 22.5 Å². The summed E-state index contributed by atoms with van der Waals surface area (Å²) in [6, 6.07) is 13.4. The molecule has 0 bridgehead atoms. The van der Waals surface area contributed by atoms with Gasteiger partial charge in [0.15, 0.2) is 0 Å². The van der Waals surface area contributed by atoms with Gasteiger partial charge in [-0.1, -0.05) is 29.8 Å². The Balaban J connectivity index is 1.78. The van der Waals surface area contributed by atoms with Crippen LogP contribution in [0.3, 0.4) is 0 Å². The van der Waals surface area contributed by atoms with Crippen molar-refractivity contribution in [2.45, 2.75) is 39.2 Å². The zero-order valence-electron chi connectivity index (χ0n) is 15.1. The third-order valence-corrected chi connectivity index (χ3v) is 4.93. The smallest absolute Gasteiger partial charge is 0.258 e. The molecular formula is C21H21N3O2. The van der Waals surface area contributed by atoms with Gasteiger partial charge in [0.1, 0.15) is 5.82 Å². The van der Waals surface area contributed by atoms with E-state index in [1.54, 1.807) is 6.07 Å². The number of rotatable bonds is 3. The van der Waals surface area contributed by atoms with Crippen LogP contribution in [0.1, 0.15) is 36.7 Å². The predicted molar refractivity (Wildman–Crippen MR) is 103 cm³/mol. The molecule has 2 heterocycles. The number of nitrogens with one attached hydrogen (secondary N) is 1. The lowest BCUT2D eigenvalue weighted by molar-refractivity contribution is -0.119. The van der Waals surface area contributed by atoms with E-state index < -0.39 is 0 Å². The number of fused-ring (bicyclic) bond motifs is 2. The summed E-state index contributed by atoms with van der Waals surface area (Å²) in [5.41, 5.74) is 3.58. The molecule has 1 aromatic heterocycles. The molecule has 5 heteroatoms. The predicted octanol–water partition coefficient (Wildman–Crippen LogP) is 3.31. The number of benzene rings is 2. The van der Waals surface area contributed by atoms with Crippen molar-refractivity contribution in [2.24, 2.45) is 0 Å². The van der Waals surface area contributed by atoms with E-state index in [2.05, 4.69) is 16.0 Å². The summed E-state index contributed by atoms with van der Waals surface area (Å²) in [5, 5.41) is 0.564. The van der Waals surface area contributed by atoms with E-state index in [1.165, 1.54) is 0 Å². The summed E-state index contributed by atoms with van der Waals surface area (Å²) in [6.07, 6.45) is 0.387. The van der Waals surface area contributed by atoms with Crippen LogP contribution < -0.4 is 10.5 Å². The van der Waals surface area contributed by atoms with Gasteiger partial charge in [0.05, 0.1) is 16.8 Å². The molecule has 0 saturated carbocycles. The molecule has 0 fully saturated rings. The van der Waals surface area contributed by atoms with Crippen LogP contribution >= 0.6 is 0 Å². The second kappa shape index (κ2) is 6.09. The van der Waals surface area contributed by atoms with Gasteiger partial charge in [-0.25, -0.2) is 4.98 Å². The molecule has 0 unspecified atom stereocenters. The van der Waals surface area contributed by atoms with Crippen molar-refractivity contribution in [2.75, 3.05) is 4.90 Å². The Morgan fingerprint density at radius 3 is 2.69 bits per heavy atom. The first kappa shape index (κ1) is 16.5. The molecule has 1 aliphatic rings. The molecule has 0 radical (unpaired) electrons. The Morgan fingerprint density at radius 1 is 1.15 bits per heavy atom.